The van der Waals surface area contributed by atoms with E-state index in [4.69, 9.17) is 9.15 Å². The van der Waals surface area contributed by atoms with Crippen molar-refractivity contribution in [3.8, 4) is 17.2 Å². The van der Waals surface area contributed by atoms with Crippen LogP contribution in [0.4, 0.5) is 5.69 Å². The Kier molecular flexibility index (Phi) is 6.11. The predicted molar refractivity (Wildman–Crippen MR) is 130 cm³/mol. The number of aliphatic hydroxyl groups excluding tert-OH is 1. The van der Waals surface area contributed by atoms with Crippen LogP contribution >= 0.6 is 0 Å². The Morgan fingerprint density at radius 2 is 1.69 bits per heavy atom. The predicted octanol–water partition coefficient (Wildman–Crippen LogP) is 4.89. The Balaban J connectivity index is 1.57. The summed E-state index contributed by atoms with van der Waals surface area (Å²) in [6.45, 7) is 1.72. The molecule has 1 aromatic heterocycles. The van der Waals surface area contributed by atoms with Gasteiger partial charge in [0, 0.05) is 23.7 Å². The van der Waals surface area contributed by atoms with Gasteiger partial charge in [0.25, 0.3) is 11.7 Å². The van der Waals surface area contributed by atoms with Crippen molar-refractivity contribution < 1.29 is 23.8 Å². The number of anilines is 1. The highest BCUT2D eigenvalue weighted by Gasteiger charge is 2.49. The lowest BCUT2D eigenvalue weighted by Crippen LogP contribution is -2.40. The number of rotatable bonds is 5. The standard InChI is InChI=1S/C27H27N3O5/c1-16-28-29-26(35-16)19-8-12-20(13-9-19)30-23(17-6-4-3-5-7-17)22(25(32)27(30)33)24(31)18-10-14-21(34-2)15-11-18/h8-15,17,23,31H,3-7H2,1-2H3/b24-22+. The molecular formula is C27H27N3O5. The SMILES string of the molecule is COc1ccc(/C(O)=C2\C(=O)C(=O)N(c3ccc(-c4nnc(C)o4)cc3)C2C2CCCCC2)cc1. The van der Waals surface area contributed by atoms with Gasteiger partial charge >= 0.3 is 0 Å². The number of ketones is 1. The minimum Gasteiger partial charge on any atom is -0.507 e. The molecule has 1 saturated carbocycles. The van der Waals surface area contributed by atoms with E-state index >= 15 is 0 Å². The smallest absolute Gasteiger partial charge is 0.299 e. The Hall–Kier alpha value is -3.94. The molecule has 8 heteroatoms. The molecule has 35 heavy (non-hydrogen) atoms. The first-order chi connectivity index (χ1) is 17.0. The second kappa shape index (κ2) is 9.37. The zero-order valence-electron chi connectivity index (χ0n) is 19.7. The van der Waals surface area contributed by atoms with E-state index in [0.29, 0.717) is 28.8 Å². The minimum atomic E-state index is -0.662. The second-order valence-electron chi connectivity index (χ2n) is 9.01. The van der Waals surface area contributed by atoms with Gasteiger partial charge in [-0.2, -0.15) is 0 Å². The maximum Gasteiger partial charge on any atom is 0.299 e. The van der Waals surface area contributed by atoms with E-state index < -0.39 is 17.7 Å². The number of amides is 1. The maximum absolute atomic E-state index is 13.3. The molecule has 1 saturated heterocycles. The van der Waals surface area contributed by atoms with E-state index in [-0.39, 0.29) is 17.3 Å². The molecule has 2 heterocycles. The van der Waals surface area contributed by atoms with Crippen molar-refractivity contribution in [2.45, 2.75) is 45.1 Å². The molecule has 1 N–H and O–H groups in total. The van der Waals surface area contributed by atoms with Crippen molar-refractivity contribution in [2.75, 3.05) is 12.0 Å². The van der Waals surface area contributed by atoms with Crippen molar-refractivity contribution >= 4 is 23.1 Å². The molecule has 1 amide bonds. The Bertz CT molecular complexity index is 1270. The fourth-order valence-corrected chi connectivity index (χ4v) is 5.12. The molecule has 2 aromatic carbocycles. The molecule has 1 aliphatic heterocycles. The molecule has 5 rings (SSSR count). The molecule has 0 bridgehead atoms. The van der Waals surface area contributed by atoms with Crippen LogP contribution in [0.2, 0.25) is 0 Å². The summed E-state index contributed by atoms with van der Waals surface area (Å²) in [7, 11) is 1.56. The topological polar surface area (TPSA) is 106 Å². The number of aliphatic hydroxyl groups is 1. The van der Waals surface area contributed by atoms with Crippen molar-refractivity contribution in [3.63, 3.8) is 0 Å². The van der Waals surface area contributed by atoms with Gasteiger partial charge in [-0.3, -0.25) is 14.5 Å². The third-order valence-electron chi connectivity index (χ3n) is 6.86. The summed E-state index contributed by atoms with van der Waals surface area (Å²) in [5, 5.41) is 19.1. The molecule has 8 nitrogen and oxygen atoms in total. The van der Waals surface area contributed by atoms with E-state index in [1.807, 2.05) is 0 Å². The van der Waals surface area contributed by atoms with Crippen LogP contribution in [-0.2, 0) is 9.59 Å². The zero-order chi connectivity index (χ0) is 24.5. The van der Waals surface area contributed by atoms with Gasteiger partial charge < -0.3 is 14.3 Å². The molecule has 1 atom stereocenters. The number of methoxy groups -OCH3 is 1. The lowest BCUT2D eigenvalue weighted by Gasteiger charge is -2.34. The van der Waals surface area contributed by atoms with Crippen LogP contribution in [0.25, 0.3) is 17.2 Å². The molecule has 1 unspecified atom stereocenters. The first-order valence-electron chi connectivity index (χ1n) is 11.8. The summed E-state index contributed by atoms with van der Waals surface area (Å²) >= 11 is 0. The van der Waals surface area contributed by atoms with Gasteiger partial charge in [-0.05, 0) is 67.3 Å². The number of aryl methyl sites for hydroxylation is 1. The van der Waals surface area contributed by atoms with Crippen LogP contribution in [0.3, 0.4) is 0 Å². The highest BCUT2D eigenvalue weighted by Crippen LogP contribution is 2.41. The van der Waals surface area contributed by atoms with E-state index in [1.165, 1.54) is 0 Å². The fraction of sp³-hybridized carbons (Fsp3) is 0.333. The van der Waals surface area contributed by atoms with Crippen molar-refractivity contribution in [1.82, 2.24) is 10.2 Å². The van der Waals surface area contributed by atoms with Crippen LogP contribution in [0.5, 0.6) is 5.75 Å². The lowest BCUT2D eigenvalue weighted by atomic mass is 9.80. The summed E-state index contributed by atoms with van der Waals surface area (Å²) in [4.78, 5) is 28.2. The summed E-state index contributed by atoms with van der Waals surface area (Å²) in [5.41, 5.74) is 1.96. The van der Waals surface area contributed by atoms with Crippen molar-refractivity contribution in [3.05, 3.63) is 65.6 Å². The number of carbonyl (C=O) groups is 2. The first-order valence-corrected chi connectivity index (χ1v) is 11.8. The van der Waals surface area contributed by atoms with Crippen LogP contribution in [-0.4, -0.2) is 40.1 Å². The second-order valence-corrected chi connectivity index (χ2v) is 9.01. The van der Waals surface area contributed by atoms with E-state index in [2.05, 4.69) is 10.2 Å². The highest BCUT2D eigenvalue weighted by atomic mass is 16.5. The molecule has 180 valence electrons. The molecular weight excluding hydrogens is 446 g/mol. The Morgan fingerprint density at radius 3 is 2.29 bits per heavy atom. The number of ether oxygens (including phenoxy) is 1. The molecule has 2 aliphatic rings. The quantitative estimate of drug-likeness (QED) is 0.320. The summed E-state index contributed by atoms with van der Waals surface area (Å²) in [5.74, 6) is 0.129. The van der Waals surface area contributed by atoms with Crippen LogP contribution in [0.15, 0.2) is 58.5 Å². The molecule has 0 radical (unpaired) electrons. The third-order valence-corrected chi connectivity index (χ3v) is 6.86. The maximum atomic E-state index is 13.3. The number of benzene rings is 2. The number of hydrogen-bond acceptors (Lipinski definition) is 7. The average molecular weight is 474 g/mol. The van der Waals surface area contributed by atoms with Crippen LogP contribution < -0.4 is 9.64 Å². The van der Waals surface area contributed by atoms with Crippen molar-refractivity contribution in [2.24, 2.45) is 5.92 Å². The van der Waals surface area contributed by atoms with Gasteiger partial charge in [0.05, 0.1) is 18.7 Å². The average Bonchev–Trinajstić information content (AvgIpc) is 3.45. The van der Waals surface area contributed by atoms with Gasteiger partial charge in [-0.1, -0.05) is 19.3 Å². The monoisotopic (exact) mass is 473 g/mol. The van der Waals surface area contributed by atoms with E-state index in [1.54, 1.807) is 67.5 Å². The number of nitrogens with zero attached hydrogens (tertiary/aromatic N) is 3. The Morgan fingerprint density at radius 1 is 1.00 bits per heavy atom. The number of Topliss-reactive ketones (excluding diaryl/α,β-unsaturated/α-hetero) is 1. The summed E-state index contributed by atoms with van der Waals surface area (Å²) < 4.78 is 10.7. The van der Waals surface area contributed by atoms with Crippen LogP contribution in [0.1, 0.15) is 43.6 Å². The van der Waals surface area contributed by atoms with Gasteiger partial charge in [0.15, 0.2) is 0 Å². The highest BCUT2D eigenvalue weighted by molar-refractivity contribution is 6.51. The van der Waals surface area contributed by atoms with Gasteiger partial charge in [-0.15, -0.1) is 10.2 Å². The van der Waals surface area contributed by atoms with Crippen LogP contribution in [0, 0.1) is 12.8 Å². The normalized spacial score (nSPS) is 20.4. The van der Waals surface area contributed by atoms with Gasteiger partial charge in [0.2, 0.25) is 11.8 Å². The van der Waals surface area contributed by atoms with Gasteiger partial charge in [0.1, 0.15) is 11.5 Å². The summed E-state index contributed by atoms with van der Waals surface area (Å²) in [6.07, 6.45) is 4.97. The summed E-state index contributed by atoms with van der Waals surface area (Å²) in [6, 6.07) is 13.5. The van der Waals surface area contributed by atoms with Gasteiger partial charge in [-0.25, -0.2) is 0 Å². The number of carbonyl (C=O) groups excluding carboxylic acids is 2. The third kappa shape index (κ3) is 4.20. The Labute approximate surface area is 203 Å². The number of hydrogen-bond donors (Lipinski definition) is 1. The molecule has 3 aromatic rings. The largest absolute Gasteiger partial charge is 0.507 e. The number of aromatic nitrogens is 2. The minimum absolute atomic E-state index is 0.0767. The van der Waals surface area contributed by atoms with Crippen molar-refractivity contribution in [1.29, 1.82) is 0 Å². The fourth-order valence-electron chi connectivity index (χ4n) is 5.12. The lowest BCUT2D eigenvalue weighted by molar-refractivity contribution is -0.132. The van der Waals surface area contributed by atoms with E-state index in [9.17, 15) is 14.7 Å². The van der Waals surface area contributed by atoms with E-state index in [0.717, 1.165) is 37.7 Å². The zero-order valence-corrected chi connectivity index (χ0v) is 19.7. The molecule has 2 fully saturated rings. The molecule has 0 spiro atoms. The first kappa shape index (κ1) is 22.8. The molecule has 1 aliphatic carbocycles.